The number of likely N-dealkylation sites (tertiary alicyclic amines) is 1. The van der Waals surface area contributed by atoms with Gasteiger partial charge in [-0.15, -0.1) is 12.4 Å². The minimum Gasteiger partial charge on any atom is -0.337 e. The summed E-state index contributed by atoms with van der Waals surface area (Å²) >= 11 is 0. The van der Waals surface area contributed by atoms with Crippen LogP contribution in [0.2, 0.25) is 0 Å². The number of benzene rings is 1. The lowest BCUT2D eigenvalue weighted by molar-refractivity contribution is 0.0708. The van der Waals surface area contributed by atoms with Crippen molar-refractivity contribution >= 4 is 18.3 Å². The van der Waals surface area contributed by atoms with Gasteiger partial charge >= 0.3 is 0 Å². The average molecular weight is 255 g/mol. The standard InChI is InChI=1S/C13H18N2O.ClH/c1-10-5-2-3-7-12(10)13(16)15-8-4-6-11(14)9-15;/h2-3,5,7,11H,4,6,8-9,14H2,1H3;1H/t11-;/m1./s1. The molecule has 1 fully saturated rings. The average Bonchev–Trinajstić information content (AvgIpc) is 2.29. The van der Waals surface area contributed by atoms with Crippen LogP contribution in [0.4, 0.5) is 0 Å². The molecule has 0 saturated carbocycles. The highest BCUT2D eigenvalue weighted by molar-refractivity contribution is 5.95. The fraction of sp³-hybridized carbons (Fsp3) is 0.462. The Morgan fingerprint density at radius 3 is 2.76 bits per heavy atom. The van der Waals surface area contributed by atoms with Crippen molar-refractivity contribution in [1.29, 1.82) is 0 Å². The largest absolute Gasteiger partial charge is 0.337 e. The zero-order valence-corrected chi connectivity index (χ0v) is 10.9. The molecule has 1 saturated heterocycles. The van der Waals surface area contributed by atoms with Gasteiger partial charge in [0.15, 0.2) is 0 Å². The number of carbonyl (C=O) groups excluding carboxylic acids is 1. The second-order valence-electron chi connectivity index (χ2n) is 4.47. The minimum absolute atomic E-state index is 0. The molecule has 3 nitrogen and oxygen atoms in total. The number of halogens is 1. The van der Waals surface area contributed by atoms with Crippen LogP contribution in [-0.4, -0.2) is 29.9 Å². The van der Waals surface area contributed by atoms with Crippen LogP contribution in [0.15, 0.2) is 24.3 Å². The highest BCUT2D eigenvalue weighted by Crippen LogP contribution is 2.15. The lowest BCUT2D eigenvalue weighted by Crippen LogP contribution is -2.45. The van der Waals surface area contributed by atoms with Crippen LogP contribution in [0, 0.1) is 6.92 Å². The first-order valence-electron chi connectivity index (χ1n) is 5.79. The zero-order chi connectivity index (χ0) is 11.5. The number of aryl methyl sites for hydroxylation is 1. The number of piperidine rings is 1. The van der Waals surface area contributed by atoms with Gasteiger partial charge in [-0.05, 0) is 31.4 Å². The Bertz CT molecular complexity index is 395. The van der Waals surface area contributed by atoms with E-state index < -0.39 is 0 Å². The minimum atomic E-state index is 0. The molecule has 0 radical (unpaired) electrons. The smallest absolute Gasteiger partial charge is 0.254 e. The van der Waals surface area contributed by atoms with Crippen LogP contribution in [0.25, 0.3) is 0 Å². The second-order valence-corrected chi connectivity index (χ2v) is 4.47. The van der Waals surface area contributed by atoms with E-state index in [0.717, 1.165) is 30.5 Å². The van der Waals surface area contributed by atoms with E-state index in [1.807, 2.05) is 36.1 Å². The third-order valence-corrected chi connectivity index (χ3v) is 3.12. The summed E-state index contributed by atoms with van der Waals surface area (Å²) in [5, 5.41) is 0. The van der Waals surface area contributed by atoms with E-state index in [0.29, 0.717) is 6.54 Å². The van der Waals surface area contributed by atoms with Crippen LogP contribution in [0.3, 0.4) is 0 Å². The van der Waals surface area contributed by atoms with Crippen molar-refractivity contribution in [1.82, 2.24) is 4.90 Å². The normalized spacial score (nSPS) is 19.6. The summed E-state index contributed by atoms with van der Waals surface area (Å²) in [6, 6.07) is 7.86. The molecule has 0 bridgehead atoms. The van der Waals surface area contributed by atoms with Crippen molar-refractivity contribution in [3.63, 3.8) is 0 Å². The first-order chi connectivity index (χ1) is 7.68. The third-order valence-electron chi connectivity index (χ3n) is 3.12. The van der Waals surface area contributed by atoms with Gasteiger partial charge in [0.25, 0.3) is 5.91 Å². The molecule has 1 aromatic rings. The molecular formula is C13H19ClN2O. The van der Waals surface area contributed by atoms with Gasteiger partial charge in [-0.3, -0.25) is 4.79 Å². The summed E-state index contributed by atoms with van der Waals surface area (Å²) in [6.07, 6.45) is 2.04. The van der Waals surface area contributed by atoms with Crippen LogP contribution in [0.1, 0.15) is 28.8 Å². The molecule has 1 aliphatic heterocycles. The van der Waals surface area contributed by atoms with E-state index >= 15 is 0 Å². The fourth-order valence-electron chi connectivity index (χ4n) is 2.18. The number of nitrogens with zero attached hydrogens (tertiary/aromatic N) is 1. The maximum Gasteiger partial charge on any atom is 0.254 e. The maximum atomic E-state index is 12.2. The van der Waals surface area contributed by atoms with Crippen molar-refractivity contribution in [2.24, 2.45) is 5.73 Å². The molecule has 2 rings (SSSR count). The Hall–Kier alpha value is -1.06. The number of nitrogens with two attached hydrogens (primary N) is 1. The van der Waals surface area contributed by atoms with Crippen molar-refractivity contribution in [3.8, 4) is 0 Å². The maximum absolute atomic E-state index is 12.2. The third kappa shape index (κ3) is 3.20. The highest BCUT2D eigenvalue weighted by Gasteiger charge is 2.22. The topological polar surface area (TPSA) is 46.3 Å². The molecule has 0 spiro atoms. The first-order valence-corrected chi connectivity index (χ1v) is 5.79. The Labute approximate surface area is 108 Å². The van der Waals surface area contributed by atoms with E-state index in [1.54, 1.807) is 0 Å². The Morgan fingerprint density at radius 2 is 2.12 bits per heavy atom. The van der Waals surface area contributed by atoms with Gasteiger partial charge in [0.1, 0.15) is 0 Å². The van der Waals surface area contributed by atoms with Crippen LogP contribution in [-0.2, 0) is 0 Å². The molecular weight excluding hydrogens is 236 g/mol. The van der Waals surface area contributed by atoms with Crippen molar-refractivity contribution in [3.05, 3.63) is 35.4 Å². The van der Waals surface area contributed by atoms with E-state index in [4.69, 9.17) is 5.73 Å². The first kappa shape index (κ1) is 14.0. The SMILES string of the molecule is Cc1ccccc1C(=O)N1CCC[C@@H](N)C1.Cl. The summed E-state index contributed by atoms with van der Waals surface area (Å²) in [4.78, 5) is 14.1. The highest BCUT2D eigenvalue weighted by atomic mass is 35.5. The predicted molar refractivity (Wildman–Crippen MR) is 71.5 cm³/mol. The van der Waals surface area contributed by atoms with Gasteiger partial charge in [-0.25, -0.2) is 0 Å². The van der Waals surface area contributed by atoms with E-state index in [-0.39, 0.29) is 24.4 Å². The Kier molecular flexibility index (Phi) is 4.97. The molecule has 94 valence electrons. The summed E-state index contributed by atoms with van der Waals surface area (Å²) in [7, 11) is 0. The number of hydrogen-bond donors (Lipinski definition) is 1. The predicted octanol–water partition coefficient (Wildman–Crippen LogP) is 1.98. The van der Waals surface area contributed by atoms with Crippen molar-refractivity contribution < 1.29 is 4.79 Å². The summed E-state index contributed by atoms with van der Waals surface area (Å²) in [6.45, 7) is 3.49. The van der Waals surface area contributed by atoms with Gasteiger partial charge in [0.05, 0.1) is 0 Å². The molecule has 1 aliphatic rings. The number of rotatable bonds is 1. The number of amides is 1. The van der Waals surface area contributed by atoms with Gasteiger partial charge < -0.3 is 10.6 Å². The molecule has 0 aromatic heterocycles. The molecule has 4 heteroatoms. The van der Waals surface area contributed by atoms with E-state index in [1.165, 1.54) is 0 Å². The zero-order valence-electron chi connectivity index (χ0n) is 10.1. The van der Waals surface area contributed by atoms with E-state index in [2.05, 4.69) is 0 Å². The monoisotopic (exact) mass is 254 g/mol. The Balaban J connectivity index is 0.00000144. The lowest BCUT2D eigenvalue weighted by Gasteiger charge is -2.31. The second kappa shape index (κ2) is 6.03. The molecule has 0 unspecified atom stereocenters. The van der Waals surface area contributed by atoms with Crippen LogP contribution < -0.4 is 5.73 Å². The summed E-state index contributed by atoms with van der Waals surface area (Å²) < 4.78 is 0. The van der Waals surface area contributed by atoms with Gasteiger partial charge in [-0.1, -0.05) is 18.2 Å². The van der Waals surface area contributed by atoms with Crippen molar-refractivity contribution in [2.75, 3.05) is 13.1 Å². The number of carbonyl (C=O) groups is 1. The van der Waals surface area contributed by atoms with Gasteiger partial charge in [0.2, 0.25) is 0 Å². The lowest BCUT2D eigenvalue weighted by atomic mass is 10.0. The molecule has 1 aromatic carbocycles. The number of hydrogen-bond acceptors (Lipinski definition) is 2. The summed E-state index contributed by atoms with van der Waals surface area (Å²) in [5.74, 6) is 0.119. The van der Waals surface area contributed by atoms with Crippen LogP contribution in [0.5, 0.6) is 0 Å². The van der Waals surface area contributed by atoms with Gasteiger partial charge in [0, 0.05) is 24.7 Å². The molecule has 17 heavy (non-hydrogen) atoms. The molecule has 1 amide bonds. The fourth-order valence-corrected chi connectivity index (χ4v) is 2.18. The van der Waals surface area contributed by atoms with Crippen molar-refractivity contribution in [2.45, 2.75) is 25.8 Å². The molecule has 1 atom stereocenters. The molecule has 0 aliphatic carbocycles. The quantitative estimate of drug-likeness (QED) is 0.833. The van der Waals surface area contributed by atoms with Gasteiger partial charge in [-0.2, -0.15) is 0 Å². The molecule has 2 N–H and O–H groups in total. The van der Waals surface area contributed by atoms with E-state index in [9.17, 15) is 4.79 Å². The molecule has 1 heterocycles. The summed E-state index contributed by atoms with van der Waals surface area (Å²) in [5.41, 5.74) is 7.72. The van der Waals surface area contributed by atoms with Crippen LogP contribution >= 0.6 is 12.4 Å². The Morgan fingerprint density at radius 1 is 1.41 bits per heavy atom.